The quantitative estimate of drug-likeness (QED) is 0.730. The second-order valence-corrected chi connectivity index (χ2v) is 4.50. The average Bonchev–Trinajstić information content (AvgIpc) is 2.90. The molecule has 4 heteroatoms. The molecule has 82 valence electrons. The fourth-order valence-electron chi connectivity index (χ4n) is 2.02. The smallest absolute Gasteiger partial charge is 0.240 e. The molecule has 1 amide bonds. The maximum atomic E-state index is 11.6. The molecule has 15 heavy (non-hydrogen) atoms. The van der Waals surface area contributed by atoms with Crippen molar-refractivity contribution in [3.63, 3.8) is 0 Å². The maximum Gasteiger partial charge on any atom is 0.240 e. The first-order valence-corrected chi connectivity index (χ1v) is 5.69. The minimum atomic E-state index is -0.662. The Balaban J connectivity index is 1.66. The molecule has 0 unspecified atom stereocenters. The van der Waals surface area contributed by atoms with Crippen LogP contribution in [0.25, 0.3) is 0 Å². The van der Waals surface area contributed by atoms with Crippen molar-refractivity contribution >= 4 is 5.91 Å². The number of likely N-dealkylation sites (tertiary alicyclic amines) is 1. The van der Waals surface area contributed by atoms with E-state index in [1.54, 1.807) is 0 Å². The largest absolute Gasteiger partial charge is 0.353 e. The van der Waals surface area contributed by atoms with Crippen LogP contribution in [-0.4, -0.2) is 37.0 Å². The molecule has 1 saturated carbocycles. The third kappa shape index (κ3) is 2.29. The highest BCUT2D eigenvalue weighted by Crippen LogP contribution is 2.44. The first-order valence-electron chi connectivity index (χ1n) is 5.69. The lowest BCUT2D eigenvalue weighted by Gasteiger charge is -2.15. The molecule has 1 heterocycles. The number of carbonyl (C=O) groups is 1. The van der Waals surface area contributed by atoms with Crippen molar-refractivity contribution < 1.29 is 4.79 Å². The lowest BCUT2D eigenvalue weighted by molar-refractivity contribution is -0.124. The Morgan fingerprint density at radius 3 is 2.60 bits per heavy atom. The zero-order chi connectivity index (χ0) is 10.7. The molecule has 1 aliphatic heterocycles. The Morgan fingerprint density at radius 1 is 1.40 bits per heavy atom. The second kappa shape index (κ2) is 4.19. The number of nitriles is 1. The molecule has 1 N–H and O–H groups in total. The van der Waals surface area contributed by atoms with Gasteiger partial charge in [0, 0.05) is 13.1 Å². The maximum absolute atomic E-state index is 11.6. The van der Waals surface area contributed by atoms with Crippen molar-refractivity contribution in [2.45, 2.75) is 25.7 Å². The zero-order valence-corrected chi connectivity index (χ0v) is 8.96. The fraction of sp³-hybridized carbons (Fsp3) is 0.818. The van der Waals surface area contributed by atoms with E-state index in [1.807, 2.05) is 0 Å². The van der Waals surface area contributed by atoms with Gasteiger partial charge in [0.25, 0.3) is 0 Å². The molecule has 0 aromatic rings. The molecule has 0 radical (unpaired) electrons. The second-order valence-electron chi connectivity index (χ2n) is 4.50. The number of hydrogen-bond acceptors (Lipinski definition) is 3. The Labute approximate surface area is 90.2 Å². The SMILES string of the molecule is N#CC1(C(=O)NCCN2CCCC2)CC1. The predicted octanol–water partition coefficient (Wildman–Crippen LogP) is 0.502. The predicted molar refractivity (Wildman–Crippen MR) is 56.0 cm³/mol. The van der Waals surface area contributed by atoms with E-state index >= 15 is 0 Å². The number of rotatable bonds is 4. The molecule has 0 atom stereocenters. The van der Waals surface area contributed by atoms with E-state index in [1.165, 1.54) is 12.8 Å². The van der Waals surface area contributed by atoms with Crippen LogP contribution in [0.3, 0.4) is 0 Å². The van der Waals surface area contributed by atoms with E-state index in [-0.39, 0.29) is 5.91 Å². The molecule has 2 aliphatic rings. The molecule has 0 spiro atoms. The van der Waals surface area contributed by atoms with E-state index < -0.39 is 5.41 Å². The van der Waals surface area contributed by atoms with Gasteiger partial charge >= 0.3 is 0 Å². The molecular formula is C11H17N3O. The first-order chi connectivity index (χ1) is 7.27. The third-order valence-electron chi connectivity index (χ3n) is 3.31. The minimum Gasteiger partial charge on any atom is -0.353 e. The van der Waals surface area contributed by atoms with Crippen LogP contribution < -0.4 is 5.32 Å². The van der Waals surface area contributed by atoms with E-state index in [0.717, 1.165) is 32.5 Å². The molecule has 1 saturated heterocycles. The van der Waals surface area contributed by atoms with Crippen LogP contribution in [0, 0.1) is 16.7 Å². The summed E-state index contributed by atoms with van der Waals surface area (Å²) in [5.41, 5.74) is -0.662. The monoisotopic (exact) mass is 207 g/mol. The molecule has 0 bridgehead atoms. The summed E-state index contributed by atoms with van der Waals surface area (Å²) in [6, 6.07) is 2.10. The van der Waals surface area contributed by atoms with Crippen molar-refractivity contribution in [2.75, 3.05) is 26.2 Å². The van der Waals surface area contributed by atoms with Crippen LogP contribution in [-0.2, 0) is 4.79 Å². The Morgan fingerprint density at radius 2 is 2.07 bits per heavy atom. The summed E-state index contributed by atoms with van der Waals surface area (Å²) in [7, 11) is 0. The lowest BCUT2D eigenvalue weighted by Crippen LogP contribution is -2.37. The molecule has 4 nitrogen and oxygen atoms in total. The van der Waals surface area contributed by atoms with Gasteiger partial charge in [0.15, 0.2) is 0 Å². The normalized spacial score (nSPS) is 23.4. The van der Waals surface area contributed by atoms with Gasteiger partial charge in [-0.25, -0.2) is 0 Å². The number of carbonyl (C=O) groups excluding carboxylic acids is 1. The molecular weight excluding hydrogens is 190 g/mol. The summed E-state index contributed by atoms with van der Waals surface area (Å²) in [5.74, 6) is -0.0656. The van der Waals surface area contributed by atoms with E-state index in [4.69, 9.17) is 5.26 Å². The summed E-state index contributed by atoms with van der Waals surface area (Å²) in [4.78, 5) is 13.9. The van der Waals surface area contributed by atoms with Crippen LogP contribution in [0.15, 0.2) is 0 Å². The first kappa shape index (κ1) is 10.4. The van der Waals surface area contributed by atoms with Gasteiger partial charge in [-0.1, -0.05) is 0 Å². The van der Waals surface area contributed by atoms with Crippen LogP contribution in [0.1, 0.15) is 25.7 Å². The average molecular weight is 207 g/mol. The zero-order valence-electron chi connectivity index (χ0n) is 8.96. The molecule has 0 aromatic heterocycles. The topological polar surface area (TPSA) is 56.1 Å². The Bertz CT molecular complexity index is 285. The number of amides is 1. The summed E-state index contributed by atoms with van der Waals surface area (Å²) in [5, 5.41) is 11.7. The molecule has 0 aromatic carbocycles. The van der Waals surface area contributed by atoms with Gasteiger partial charge in [0.1, 0.15) is 5.41 Å². The van der Waals surface area contributed by atoms with E-state index in [0.29, 0.717) is 6.54 Å². The van der Waals surface area contributed by atoms with Crippen molar-refractivity contribution in [2.24, 2.45) is 5.41 Å². The van der Waals surface area contributed by atoms with Gasteiger partial charge in [-0.15, -0.1) is 0 Å². The van der Waals surface area contributed by atoms with Gasteiger partial charge in [0.05, 0.1) is 6.07 Å². The highest BCUT2D eigenvalue weighted by molar-refractivity contribution is 5.88. The summed E-state index contributed by atoms with van der Waals surface area (Å²) in [6.45, 7) is 3.91. The lowest BCUT2D eigenvalue weighted by atomic mass is 10.1. The van der Waals surface area contributed by atoms with Crippen LogP contribution in [0.2, 0.25) is 0 Å². The molecule has 2 rings (SSSR count). The summed E-state index contributed by atoms with van der Waals surface area (Å²) >= 11 is 0. The third-order valence-corrected chi connectivity index (χ3v) is 3.31. The van der Waals surface area contributed by atoms with E-state index in [9.17, 15) is 4.79 Å². The van der Waals surface area contributed by atoms with Gasteiger partial charge in [-0.3, -0.25) is 4.79 Å². The summed E-state index contributed by atoms with van der Waals surface area (Å²) < 4.78 is 0. The van der Waals surface area contributed by atoms with Crippen LogP contribution in [0.5, 0.6) is 0 Å². The number of hydrogen-bond donors (Lipinski definition) is 1. The highest BCUT2D eigenvalue weighted by atomic mass is 16.2. The minimum absolute atomic E-state index is 0.0656. The summed E-state index contributed by atoms with van der Waals surface area (Å²) in [6.07, 6.45) is 4.02. The standard InChI is InChI=1S/C11H17N3O/c12-9-11(3-4-11)10(15)13-5-8-14-6-1-2-7-14/h1-8H2,(H,13,15). The Kier molecular flexibility index (Phi) is 2.92. The van der Waals surface area contributed by atoms with Gasteiger partial charge in [0.2, 0.25) is 5.91 Å². The van der Waals surface area contributed by atoms with Crippen molar-refractivity contribution in [1.82, 2.24) is 10.2 Å². The van der Waals surface area contributed by atoms with Crippen molar-refractivity contribution in [3.05, 3.63) is 0 Å². The fourth-order valence-corrected chi connectivity index (χ4v) is 2.02. The van der Waals surface area contributed by atoms with Crippen LogP contribution in [0.4, 0.5) is 0 Å². The van der Waals surface area contributed by atoms with Crippen LogP contribution >= 0.6 is 0 Å². The number of nitrogens with one attached hydrogen (secondary N) is 1. The van der Waals surface area contributed by atoms with Gasteiger partial charge < -0.3 is 10.2 Å². The van der Waals surface area contributed by atoms with E-state index in [2.05, 4.69) is 16.3 Å². The van der Waals surface area contributed by atoms with Gasteiger partial charge in [-0.2, -0.15) is 5.26 Å². The highest BCUT2D eigenvalue weighted by Gasteiger charge is 2.50. The van der Waals surface area contributed by atoms with Gasteiger partial charge in [-0.05, 0) is 38.8 Å². The molecule has 1 aliphatic carbocycles. The molecule has 2 fully saturated rings. The number of nitrogens with zero attached hydrogens (tertiary/aromatic N) is 2. The van der Waals surface area contributed by atoms with Crippen molar-refractivity contribution in [3.8, 4) is 6.07 Å². The Hall–Kier alpha value is -1.08. The van der Waals surface area contributed by atoms with Crippen molar-refractivity contribution in [1.29, 1.82) is 5.26 Å².